The molecule has 94 valence electrons. The Balaban J connectivity index is 2.02. The van der Waals surface area contributed by atoms with E-state index in [0.717, 1.165) is 24.6 Å². The fraction of sp³-hybridized carbons (Fsp3) is 0.455. The first-order valence-corrected chi connectivity index (χ1v) is 7.17. The SMILES string of the molecule is Nc1cc(NCCC2CC2)ccc1S(N)(=O)=O. The van der Waals surface area contributed by atoms with Gasteiger partial charge in [0.25, 0.3) is 0 Å². The first-order valence-electron chi connectivity index (χ1n) is 5.63. The maximum Gasteiger partial charge on any atom is 0.240 e. The Hall–Kier alpha value is -1.27. The molecule has 0 spiro atoms. The largest absolute Gasteiger partial charge is 0.398 e. The molecule has 0 heterocycles. The fourth-order valence-electron chi connectivity index (χ4n) is 1.74. The molecule has 0 unspecified atom stereocenters. The molecule has 0 aliphatic heterocycles. The molecule has 1 aliphatic carbocycles. The van der Waals surface area contributed by atoms with E-state index in [2.05, 4.69) is 5.32 Å². The van der Waals surface area contributed by atoms with E-state index < -0.39 is 10.0 Å². The van der Waals surface area contributed by atoms with E-state index in [1.165, 1.54) is 18.9 Å². The molecule has 0 radical (unpaired) electrons. The van der Waals surface area contributed by atoms with Crippen molar-refractivity contribution < 1.29 is 8.42 Å². The van der Waals surface area contributed by atoms with Gasteiger partial charge in [-0.3, -0.25) is 0 Å². The van der Waals surface area contributed by atoms with Crippen LogP contribution in [0.25, 0.3) is 0 Å². The third-order valence-corrected chi connectivity index (χ3v) is 3.88. The normalized spacial score (nSPS) is 15.8. The van der Waals surface area contributed by atoms with Gasteiger partial charge in [0, 0.05) is 12.2 Å². The third kappa shape index (κ3) is 3.34. The van der Waals surface area contributed by atoms with Crippen LogP contribution in [0, 0.1) is 5.92 Å². The molecule has 0 saturated heterocycles. The summed E-state index contributed by atoms with van der Waals surface area (Å²) < 4.78 is 22.3. The van der Waals surface area contributed by atoms with Crippen LogP contribution >= 0.6 is 0 Å². The highest BCUT2D eigenvalue weighted by molar-refractivity contribution is 7.89. The van der Waals surface area contributed by atoms with Crippen LogP contribution in [0.5, 0.6) is 0 Å². The van der Waals surface area contributed by atoms with Gasteiger partial charge in [0.05, 0.1) is 5.69 Å². The molecule has 17 heavy (non-hydrogen) atoms. The summed E-state index contributed by atoms with van der Waals surface area (Å²) in [6.45, 7) is 0.888. The zero-order valence-corrected chi connectivity index (χ0v) is 10.3. The molecule has 5 N–H and O–H groups in total. The Morgan fingerprint density at radius 3 is 2.59 bits per heavy atom. The second kappa shape index (κ2) is 4.54. The molecule has 6 heteroatoms. The molecular formula is C11H17N3O2S. The maximum atomic E-state index is 11.2. The zero-order valence-electron chi connectivity index (χ0n) is 9.52. The summed E-state index contributed by atoms with van der Waals surface area (Å²) in [6.07, 6.45) is 3.80. The van der Waals surface area contributed by atoms with Crippen molar-refractivity contribution in [1.29, 1.82) is 0 Å². The second-order valence-electron chi connectivity index (χ2n) is 4.46. The maximum absolute atomic E-state index is 11.2. The Bertz CT molecular complexity index is 509. The van der Waals surface area contributed by atoms with Crippen molar-refractivity contribution in [2.45, 2.75) is 24.2 Å². The quantitative estimate of drug-likeness (QED) is 0.687. The van der Waals surface area contributed by atoms with Gasteiger partial charge in [-0.1, -0.05) is 12.8 Å². The lowest BCUT2D eigenvalue weighted by atomic mass is 10.2. The topological polar surface area (TPSA) is 98.2 Å². The van der Waals surface area contributed by atoms with E-state index in [4.69, 9.17) is 10.9 Å². The van der Waals surface area contributed by atoms with E-state index in [1.54, 1.807) is 12.1 Å². The first-order chi connectivity index (χ1) is 7.97. The Labute approximate surface area is 101 Å². The van der Waals surface area contributed by atoms with Gasteiger partial charge in [0.1, 0.15) is 4.90 Å². The van der Waals surface area contributed by atoms with Crippen LogP contribution in [-0.2, 0) is 10.0 Å². The van der Waals surface area contributed by atoms with E-state index in [-0.39, 0.29) is 10.6 Å². The van der Waals surface area contributed by atoms with Crippen molar-refractivity contribution in [2.24, 2.45) is 11.1 Å². The minimum absolute atomic E-state index is 0.0229. The van der Waals surface area contributed by atoms with E-state index in [9.17, 15) is 8.42 Å². The van der Waals surface area contributed by atoms with Gasteiger partial charge in [0.15, 0.2) is 0 Å². The predicted molar refractivity (Wildman–Crippen MR) is 68.1 cm³/mol. The molecule has 0 amide bonds. The van der Waals surface area contributed by atoms with E-state index in [1.807, 2.05) is 0 Å². The van der Waals surface area contributed by atoms with Crippen LogP contribution in [0.3, 0.4) is 0 Å². The fourth-order valence-corrected chi connectivity index (χ4v) is 2.39. The molecule has 5 nitrogen and oxygen atoms in total. The summed E-state index contributed by atoms with van der Waals surface area (Å²) in [7, 11) is -3.73. The number of hydrogen-bond acceptors (Lipinski definition) is 4. The molecule has 1 fully saturated rings. The smallest absolute Gasteiger partial charge is 0.240 e. The van der Waals surface area contributed by atoms with Crippen LogP contribution in [0.1, 0.15) is 19.3 Å². The number of rotatable bonds is 5. The van der Waals surface area contributed by atoms with Crippen molar-refractivity contribution in [1.82, 2.24) is 0 Å². The van der Waals surface area contributed by atoms with Crippen LogP contribution in [0.4, 0.5) is 11.4 Å². The molecular weight excluding hydrogens is 238 g/mol. The number of benzene rings is 1. The van der Waals surface area contributed by atoms with Gasteiger partial charge in [0.2, 0.25) is 10.0 Å². The highest BCUT2D eigenvalue weighted by atomic mass is 32.2. The summed E-state index contributed by atoms with van der Waals surface area (Å²) in [5.41, 5.74) is 6.67. The lowest BCUT2D eigenvalue weighted by Gasteiger charge is -2.09. The summed E-state index contributed by atoms with van der Waals surface area (Å²) in [4.78, 5) is -0.0229. The van der Waals surface area contributed by atoms with Crippen molar-refractivity contribution in [3.8, 4) is 0 Å². The highest BCUT2D eigenvalue weighted by Gasteiger charge is 2.20. The van der Waals surface area contributed by atoms with Crippen molar-refractivity contribution in [3.63, 3.8) is 0 Å². The molecule has 0 atom stereocenters. The van der Waals surface area contributed by atoms with Gasteiger partial charge in [-0.05, 0) is 30.5 Å². The lowest BCUT2D eigenvalue weighted by molar-refractivity contribution is 0.598. The average molecular weight is 255 g/mol. The van der Waals surface area contributed by atoms with Gasteiger partial charge in [-0.25, -0.2) is 13.6 Å². The van der Waals surface area contributed by atoms with E-state index in [0.29, 0.717) is 0 Å². The summed E-state index contributed by atoms with van der Waals surface area (Å²) >= 11 is 0. The standard InChI is InChI=1S/C11H17N3O2S/c12-10-7-9(14-6-5-8-1-2-8)3-4-11(10)17(13,15)16/h3-4,7-8,14H,1-2,5-6,12H2,(H2,13,15,16). The lowest BCUT2D eigenvalue weighted by Crippen LogP contribution is -2.14. The van der Waals surface area contributed by atoms with Crippen molar-refractivity contribution in [2.75, 3.05) is 17.6 Å². The predicted octanol–water partition coefficient (Wildman–Crippen LogP) is 1.13. The highest BCUT2D eigenvalue weighted by Crippen LogP contribution is 2.32. The summed E-state index contributed by atoms with van der Waals surface area (Å²) in [6, 6.07) is 4.72. The number of nitrogens with two attached hydrogens (primary N) is 2. The number of hydrogen-bond donors (Lipinski definition) is 3. The second-order valence-corrected chi connectivity index (χ2v) is 5.99. The number of anilines is 2. The minimum Gasteiger partial charge on any atom is -0.398 e. The Morgan fingerprint density at radius 1 is 1.35 bits per heavy atom. The monoisotopic (exact) mass is 255 g/mol. The van der Waals surface area contributed by atoms with Gasteiger partial charge >= 0.3 is 0 Å². The minimum atomic E-state index is -3.73. The number of nitrogen functional groups attached to an aromatic ring is 1. The number of nitrogens with one attached hydrogen (secondary N) is 1. The molecule has 0 aromatic heterocycles. The molecule has 0 bridgehead atoms. The van der Waals surface area contributed by atoms with Crippen LogP contribution in [0.15, 0.2) is 23.1 Å². The molecule has 1 aromatic rings. The van der Waals surface area contributed by atoms with Crippen LogP contribution in [0.2, 0.25) is 0 Å². The third-order valence-electron chi connectivity index (χ3n) is 2.89. The Morgan fingerprint density at radius 2 is 2.06 bits per heavy atom. The summed E-state index contributed by atoms with van der Waals surface area (Å²) in [5, 5.41) is 8.25. The van der Waals surface area contributed by atoms with Gasteiger partial charge in [-0.15, -0.1) is 0 Å². The van der Waals surface area contributed by atoms with Gasteiger partial charge < -0.3 is 11.1 Å². The first kappa shape index (κ1) is 12.2. The summed E-state index contributed by atoms with van der Waals surface area (Å²) in [5.74, 6) is 0.864. The number of sulfonamides is 1. The molecule has 1 saturated carbocycles. The van der Waals surface area contributed by atoms with Gasteiger partial charge in [-0.2, -0.15) is 0 Å². The van der Waals surface area contributed by atoms with E-state index >= 15 is 0 Å². The van der Waals surface area contributed by atoms with Crippen molar-refractivity contribution in [3.05, 3.63) is 18.2 Å². The molecule has 1 aliphatic rings. The zero-order chi connectivity index (χ0) is 12.5. The molecule has 2 rings (SSSR count). The average Bonchev–Trinajstić information content (AvgIpc) is 2.99. The van der Waals surface area contributed by atoms with Crippen LogP contribution in [-0.4, -0.2) is 15.0 Å². The molecule has 1 aromatic carbocycles. The number of primary sulfonamides is 1. The Kier molecular flexibility index (Phi) is 3.26. The van der Waals surface area contributed by atoms with Crippen LogP contribution < -0.4 is 16.2 Å². The van der Waals surface area contributed by atoms with Crippen molar-refractivity contribution >= 4 is 21.4 Å².